The van der Waals surface area contributed by atoms with Crippen molar-refractivity contribution in [1.29, 1.82) is 0 Å². The molecule has 11 heteroatoms. The zero-order valence-electron chi connectivity index (χ0n) is 18.5. The molecule has 2 aliphatic heterocycles. The first-order chi connectivity index (χ1) is 15.7. The van der Waals surface area contributed by atoms with Gasteiger partial charge in [0.05, 0.1) is 6.10 Å². The van der Waals surface area contributed by atoms with Gasteiger partial charge in [-0.05, 0) is 44.2 Å². The van der Waals surface area contributed by atoms with E-state index in [4.69, 9.17) is 16.3 Å². The normalized spacial score (nSPS) is 23.0. The van der Waals surface area contributed by atoms with Gasteiger partial charge in [0.25, 0.3) is 0 Å². The minimum Gasteiger partial charge on any atom is -0.489 e. The zero-order chi connectivity index (χ0) is 23.2. The average Bonchev–Trinajstić information content (AvgIpc) is 3.43. The second-order valence-electron chi connectivity index (χ2n) is 9.62. The molecule has 0 radical (unpaired) electrons. The van der Waals surface area contributed by atoms with E-state index < -0.39 is 9.84 Å². The molecule has 178 valence electrons. The quantitative estimate of drug-likeness (QED) is 0.701. The number of carbonyl (C=O) groups excluding carboxylic acids is 1. The Morgan fingerprint density at radius 2 is 1.97 bits per heavy atom. The number of urea groups is 1. The number of halogens is 1. The molecule has 1 spiro atoms. The second kappa shape index (κ2) is 8.47. The third-order valence-electron chi connectivity index (χ3n) is 7.20. The number of H-pyrrole nitrogens is 1. The van der Waals surface area contributed by atoms with Crippen LogP contribution in [0.5, 0.6) is 5.75 Å². The largest absolute Gasteiger partial charge is 0.489 e. The van der Waals surface area contributed by atoms with Gasteiger partial charge in [0.2, 0.25) is 0 Å². The number of nitrogens with one attached hydrogen (secondary N) is 1. The van der Waals surface area contributed by atoms with E-state index in [1.807, 2.05) is 9.80 Å². The maximum atomic E-state index is 12.9. The van der Waals surface area contributed by atoms with Crippen molar-refractivity contribution in [2.24, 2.45) is 5.41 Å². The number of aromatic nitrogens is 3. The Hall–Kier alpha value is -2.33. The minimum absolute atomic E-state index is 0.0550. The Balaban J connectivity index is 1.13. The second-order valence-corrected chi connectivity index (χ2v) is 12.0. The number of hydrogen-bond acceptors (Lipinski definition) is 6. The zero-order valence-corrected chi connectivity index (χ0v) is 20.1. The van der Waals surface area contributed by atoms with Crippen LogP contribution in [0, 0.1) is 5.41 Å². The van der Waals surface area contributed by atoms with Gasteiger partial charge >= 0.3 is 6.03 Å². The van der Waals surface area contributed by atoms with Crippen LogP contribution in [0.3, 0.4) is 0 Å². The molecule has 2 amide bonds. The number of carbonyl (C=O) groups is 1. The van der Waals surface area contributed by atoms with Gasteiger partial charge in [0, 0.05) is 54.9 Å². The number of benzene rings is 1. The van der Waals surface area contributed by atoms with Crippen LogP contribution in [0.4, 0.5) is 4.79 Å². The van der Waals surface area contributed by atoms with Gasteiger partial charge in [-0.15, -0.1) is 10.2 Å². The Kier molecular flexibility index (Phi) is 5.76. The van der Waals surface area contributed by atoms with E-state index in [0.717, 1.165) is 57.6 Å². The lowest BCUT2D eigenvalue weighted by Gasteiger charge is -2.53. The monoisotopic (exact) mass is 493 g/mol. The van der Waals surface area contributed by atoms with E-state index in [0.29, 0.717) is 17.3 Å². The summed E-state index contributed by atoms with van der Waals surface area (Å²) >= 11 is 6.07. The summed E-state index contributed by atoms with van der Waals surface area (Å²) in [6, 6.07) is 4.75. The molecule has 3 aliphatic rings. The van der Waals surface area contributed by atoms with Crippen molar-refractivity contribution >= 4 is 27.5 Å². The molecule has 0 bridgehead atoms. The first-order valence-corrected chi connectivity index (χ1v) is 13.6. The average molecular weight is 494 g/mol. The summed E-state index contributed by atoms with van der Waals surface area (Å²) in [6.45, 7) is 2.96. The molecule has 0 unspecified atom stereocenters. The molecular formula is C22H28ClN5O4S. The number of aromatic amines is 1. The summed E-state index contributed by atoms with van der Waals surface area (Å²) in [5.74, 6) is 1.40. The van der Waals surface area contributed by atoms with Crippen molar-refractivity contribution in [3.05, 3.63) is 35.4 Å². The van der Waals surface area contributed by atoms with Gasteiger partial charge in [-0.2, -0.15) is 0 Å². The van der Waals surface area contributed by atoms with E-state index in [1.54, 1.807) is 18.5 Å². The first-order valence-electron chi connectivity index (χ1n) is 11.3. The molecule has 33 heavy (non-hydrogen) atoms. The summed E-state index contributed by atoms with van der Waals surface area (Å²) in [5.41, 5.74) is 0.146. The SMILES string of the molecule is CS(=O)(=O)c1ccc(Cl)cc1OC1CCC2(CC1)CN(C(=O)N1CC[C@H](c3nnc[nH]3)C1)C2. The number of likely N-dealkylation sites (tertiary alicyclic amines) is 2. The molecule has 1 aromatic heterocycles. The first kappa shape index (κ1) is 22.5. The van der Waals surface area contributed by atoms with Crippen LogP contribution in [0.15, 0.2) is 29.4 Å². The summed E-state index contributed by atoms with van der Waals surface area (Å²) in [5, 5.41) is 8.38. The molecule has 1 N–H and O–H groups in total. The Morgan fingerprint density at radius 1 is 1.21 bits per heavy atom. The van der Waals surface area contributed by atoms with Gasteiger partial charge in [-0.3, -0.25) is 0 Å². The van der Waals surface area contributed by atoms with Crippen LogP contribution in [-0.4, -0.2) is 78.0 Å². The predicted octanol–water partition coefficient (Wildman–Crippen LogP) is 3.09. The topological polar surface area (TPSA) is 108 Å². The van der Waals surface area contributed by atoms with Crippen LogP contribution in [0.2, 0.25) is 5.02 Å². The molecule has 1 saturated carbocycles. The molecule has 3 heterocycles. The number of rotatable bonds is 4. The highest BCUT2D eigenvalue weighted by molar-refractivity contribution is 7.90. The Labute approximate surface area is 198 Å². The highest BCUT2D eigenvalue weighted by Gasteiger charge is 2.48. The van der Waals surface area contributed by atoms with Crippen LogP contribution in [0.1, 0.15) is 43.8 Å². The Morgan fingerprint density at radius 3 is 2.64 bits per heavy atom. The predicted molar refractivity (Wildman–Crippen MR) is 122 cm³/mol. The van der Waals surface area contributed by atoms with Crippen LogP contribution >= 0.6 is 11.6 Å². The molecule has 9 nitrogen and oxygen atoms in total. The van der Waals surface area contributed by atoms with Crippen LogP contribution in [-0.2, 0) is 9.84 Å². The van der Waals surface area contributed by atoms with E-state index in [2.05, 4.69) is 15.2 Å². The van der Waals surface area contributed by atoms with Gasteiger partial charge < -0.3 is 19.5 Å². The highest BCUT2D eigenvalue weighted by atomic mass is 35.5. The maximum Gasteiger partial charge on any atom is 0.320 e. The standard InChI is InChI=1S/C22H28ClN5O4S/c1-33(30,31)19-3-2-16(23)10-18(19)32-17-4-7-22(8-5-17)12-28(13-22)21(29)27-9-6-15(11-27)20-24-14-25-26-20/h2-3,10,14-15,17H,4-9,11-13H2,1H3,(H,24,25,26)/t15-/m0/s1. The van der Waals surface area contributed by atoms with Crippen molar-refractivity contribution in [2.75, 3.05) is 32.4 Å². The van der Waals surface area contributed by atoms with Crippen molar-refractivity contribution in [3.8, 4) is 5.75 Å². The molecule has 2 aromatic rings. The number of nitrogens with zero attached hydrogens (tertiary/aromatic N) is 4. The summed E-state index contributed by atoms with van der Waals surface area (Å²) in [7, 11) is -3.40. The lowest BCUT2D eigenvalue weighted by Crippen LogP contribution is -2.62. The van der Waals surface area contributed by atoms with Crippen LogP contribution < -0.4 is 4.74 Å². The summed E-state index contributed by atoms with van der Waals surface area (Å²) < 4.78 is 30.3. The summed E-state index contributed by atoms with van der Waals surface area (Å²) in [6.07, 6.45) is 7.16. The highest BCUT2D eigenvalue weighted by Crippen LogP contribution is 2.45. The fourth-order valence-electron chi connectivity index (χ4n) is 5.37. The lowest BCUT2D eigenvalue weighted by molar-refractivity contribution is -0.0323. The molecule has 1 atom stereocenters. The number of sulfone groups is 1. The summed E-state index contributed by atoms with van der Waals surface area (Å²) in [4.78, 5) is 20.0. The number of hydrogen-bond donors (Lipinski definition) is 1. The van der Waals surface area contributed by atoms with E-state index >= 15 is 0 Å². The number of ether oxygens (including phenoxy) is 1. The van der Waals surface area contributed by atoms with E-state index in [1.165, 1.54) is 12.3 Å². The van der Waals surface area contributed by atoms with Crippen LogP contribution in [0.25, 0.3) is 0 Å². The number of amides is 2. The van der Waals surface area contributed by atoms with Crippen molar-refractivity contribution in [2.45, 2.75) is 49.0 Å². The van der Waals surface area contributed by atoms with Gasteiger partial charge in [-0.1, -0.05) is 11.6 Å². The Bertz CT molecular complexity index is 1120. The minimum atomic E-state index is -3.40. The van der Waals surface area contributed by atoms with Crippen molar-refractivity contribution in [1.82, 2.24) is 25.0 Å². The van der Waals surface area contributed by atoms with E-state index in [-0.39, 0.29) is 28.4 Å². The molecule has 2 saturated heterocycles. The van der Waals surface area contributed by atoms with Gasteiger partial charge in [0.15, 0.2) is 9.84 Å². The lowest BCUT2D eigenvalue weighted by atomic mass is 9.68. The molecule has 3 fully saturated rings. The van der Waals surface area contributed by atoms with E-state index in [9.17, 15) is 13.2 Å². The molecule has 5 rings (SSSR count). The third-order valence-corrected chi connectivity index (χ3v) is 8.57. The van der Waals surface area contributed by atoms with Gasteiger partial charge in [0.1, 0.15) is 22.8 Å². The fraction of sp³-hybridized carbons (Fsp3) is 0.591. The fourth-order valence-corrected chi connectivity index (χ4v) is 6.32. The molecule has 1 aromatic carbocycles. The van der Waals surface area contributed by atoms with Gasteiger partial charge in [-0.25, -0.2) is 13.2 Å². The third kappa shape index (κ3) is 4.55. The molecule has 1 aliphatic carbocycles. The molecular weight excluding hydrogens is 466 g/mol. The smallest absolute Gasteiger partial charge is 0.320 e. The van der Waals surface area contributed by atoms with Crippen molar-refractivity contribution in [3.63, 3.8) is 0 Å². The van der Waals surface area contributed by atoms with Crippen molar-refractivity contribution < 1.29 is 17.9 Å². The maximum absolute atomic E-state index is 12.9.